The molecule has 0 radical (unpaired) electrons. The van der Waals surface area contributed by atoms with Crippen molar-refractivity contribution >= 4 is 35.7 Å². The molecule has 5 rings (SSSR count). The number of hydrogen-bond donors (Lipinski definition) is 0. The van der Waals surface area contributed by atoms with Gasteiger partial charge in [-0.2, -0.15) is 0 Å². The normalized spacial score (nSPS) is 18.6. The Labute approximate surface area is 297 Å². The van der Waals surface area contributed by atoms with Crippen LogP contribution in [0.25, 0.3) is 11.1 Å². The van der Waals surface area contributed by atoms with Crippen LogP contribution in [-0.2, 0) is 46.5 Å². The first-order valence-corrected chi connectivity index (χ1v) is 17.2. The van der Waals surface area contributed by atoms with E-state index in [-0.39, 0.29) is 13.2 Å². The zero-order valence-electron chi connectivity index (χ0n) is 30.1. The predicted molar refractivity (Wildman–Crippen MR) is 183 cm³/mol. The van der Waals surface area contributed by atoms with Crippen molar-refractivity contribution in [3.05, 3.63) is 58.7 Å². The SMILES string of the molecule is CC(C)(C)OC(=O)N1CCC[C@H]1C(=O)OCC(=O)c1ccc2c(c1)COCc1cc(C(=O)COC(=O)[C@@H]3CCCN3C(=O)OC(C)(C)C)ccc1-2. The van der Waals surface area contributed by atoms with Gasteiger partial charge in [0.05, 0.1) is 13.2 Å². The van der Waals surface area contributed by atoms with Gasteiger partial charge in [-0.25, -0.2) is 19.2 Å². The third-order valence-corrected chi connectivity index (χ3v) is 8.66. The molecule has 3 heterocycles. The molecule has 0 bridgehead atoms. The standard InChI is InChI=1S/C38H46N2O11/c1-37(2,3)50-35(45)39-15-7-9-29(39)33(43)48-21-31(41)23-11-13-27-25(17-23)19-47-20-26-18-24(12-14-28(26)27)32(42)22-49-34(44)30-10-8-16-40(30)36(46)51-38(4,5)6/h11-14,17-18,29-30H,7-10,15-16,19-22H2,1-6H3/t29-,30-/m0/s1. The fourth-order valence-corrected chi connectivity index (χ4v) is 6.30. The molecule has 0 saturated carbocycles. The molecule has 0 unspecified atom stereocenters. The fraction of sp³-hybridized carbons (Fsp3) is 0.526. The summed E-state index contributed by atoms with van der Waals surface area (Å²) >= 11 is 0. The first-order valence-electron chi connectivity index (χ1n) is 17.2. The number of ketones is 2. The number of likely N-dealkylation sites (tertiary alicyclic amines) is 2. The largest absolute Gasteiger partial charge is 0.456 e. The molecule has 3 aliphatic heterocycles. The fourth-order valence-electron chi connectivity index (χ4n) is 6.30. The van der Waals surface area contributed by atoms with Gasteiger partial charge in [0.2, 0.25) is 0 Å². The highest BCUT2D eigenvalue weighted by Gasteiger charge is 2.39. The van der Waals surface area contributed by atoms with E-state index in [1.54, 1.807) is 77.9 Å². The molecule has 0 spiro atoms. The summed E-state index contributed by atoms with van der Waals surface area (Å²) in [6.07, 6.45) is 0.918. The number of rotatable bonds is 8. The second-order valence-corrected chi connectivity index (χ2v) is 15.0. The monoisotopic (exact) mass is 706 g/mol. The van der Waals surface area contributed by atoms with Gasteiger partial charge in [-0.15, -0.1) is 0 Å². The predicted octanol–water partition coefficient (Wildman–Crippen LogP) is 5.63. The van der Waals surface area contributed by atoms with Gasteiger partial charge in [0.15, 0.2) is 24.8 Å². The van der Waals surface area contributed by atoms with Crippen LogP contribution in [0, 0.1) is 0 Å². The summed E-state index contributed by atoms with van der Waals surface area (Å²) in [5, 5.41) is 0. The number of carbonyl (C=O) groups is 6. The van der Waals surface area contributed by atoms with E-state index < -0.39 is 72.2 Å². The molecule has 0 aliphatic carbocycles. The van der Waals surface area contributed by atoms with Gasteiger partial charge >= 0.3 is 24.1 Å². The summed E-state index contributed by atoms with van der Waals surface area (Å²) in [6, 6.07) is 8.66. The average Bonchev–Trinajstić information content (AvgIpc) is 3.72. The van der Waals surface area contributed by atoms with E-state index in [0.29, 0.717) is 49.9 Å². The first-order chi connectivity index (χ1) is 24.0. The third-order valence-electron chi connectivity index (χ3n) is 8.66. The Morgan fingerprint density at radius 2 is 1.04 bits per heavy atom. The van der Waals surface area contributed by atoms with Crippen molar-refractivity contribution in [1.82, 2.24) is 9.80 Å². The Morgan fingerprint density at radius 3 is 1.41 bits per heavy atom. The van der Waals surface area contributed by atoms with Gasteiger partial charge in [0.1, 0.15) is 23.3 Å². The van der Waals surface area contributed by atoms with Crippen molar-refractivity contribution in [1.29, 1.82) is 0 Å². The van der Waals surface area contributed by atoms with Crippen molar-refractivity contribution in [2.24, 2.45) is 0 Å². The molecule has 13 nitrogen and oxygen atoms in total. The van der Waals surface area contributed by atoms with E-state index in [9.17, 15) is 28.8 Å². The molecule has 2 amide bonds. The van der Waals surface area contributed by atoms with Crippen LogP contribution >= 0.6 is 0 Å². The minimum Gasteiger partial charge on any atom is -0.456 e. The van der Waals surface area contributed by atoms with Gasteiger partial charge in [0, 0.05) is 24.2 Å². The highest BCUT2D eigenvalue weighted by Crippen LogP contribution is 2.33. The summed E-state index contributed by atoms with van der Waals surface area (Å²) in [5.41, 5.74) is 2.40. The molecule has 51 heavy (non-hydrogen) atoms. The Kier molecular flexibility index (Phi) is 11.2. The van der Waals surface area contributed by atoms with Crippen LogP contribution in [0.4, 0.5) is 9.59 Å². The van der Waals surface area contributed by atoms with Gasteiger partial charge < -0.3 is 23.7 Å². The summed E-state index contributed by atoms with van der Waals surface area (Å²) < 4.78 is 27.4. The summed E-state index contributed by atoms with van der Waals surface area (Å²) in [6.45, 7) is 10.7. The Balaban J connectivity index is 1.19. The number of carbonyl (C=O) groups excluding carboxylic acids is 6. The molecule has 2 saturated heterocycles. The minimum atomic E-state index is -0.810. The molecule has 0 aromatic heterocycles. The lowest BCUT2D eigenvalue weighted by Crippen LogP contribution is -2.44. The maximum absolute atomic E-state index is 13.1. The third kappa shape index (κ3) is 9.32. The lowest BCUT2D eigenvalue weighted by atomic mass is 9.93. The minimum absolute atomic E-state index is 0.203. The van der Waals surface area contributed by atoms with Gasteiger partial charge in [-0.1, -0.05) is 24.3 Å². The van der Waals surface area contributed by atoms with Crippen LogP contribution in [0.3, 0.4) is 0 Å². The number of fused-ring (bicyclic) bond motifs is 3. The van der Waals surface area contributed by atoms with Crippen LogP contribution in [0.1, 0.15) is 99.1 Å². The number of nitrogens with zero attached hydrogens (tertiary/aromatic N) is 2. The second-order valence-electron chi connectivity index (χ2n) is 15.0. The summed E-state index contributed by atoms with van der Waals surface area (Å²) in [4.78, 5) is 79.7. The number of benzene rings is 2. The van der Waals surface area contributed by atoms with Crippen LogP contribution in [-0.4, -0.2) is 95.1 Å². The van der Waals surface area contributed by atoms with E-state index in [4.69, 9.17) is 23.7 Å². The topological polar surface area (TPSA) is 155 Å². The smallest absolute Gasteiger partial charge is 0.411 e. The Bertz CT molecular complexity index is 1580. The molecule has 13 heteroatoms. The molecule has 2 atom stereocenters. The molecule has 274 valence electrons. The quantitative estimate of drug-likeness (QED) is 0.190. The first kappa shape index (κ1) is 37.5. The number of amides is 2. The summed E-state index contributed by atoms with van der Waals surface area (Å²) in [5.74, 6) is -2.11. The van der Waals surface area contributed by atoms with E-state index in [0.717, 1.165) is 22.3 Å². The molecule has 3 aliphatic rings. The van der Waals surface area contributed by atoms with Gasteiger partial charge in [-0.05, 0) is 102 Å². The molecule has 2 aromatic rings. The van der Waals surface area contributed by atoms with Crippen LogP contribution in [0.5, 0.6) is 0 Å². The maximum atomic E-state index is 13.1. The highest BCUT2D eigenvalue weighted by atomic mass is 16.6. The van der Waals surface area contributed by atoms with Gasteiger partial charge in [-0.3, -0.25) is 19.4 Å². The molecule has 2 aromatic carbocycles. The molecule has 2 fully saturated rings. The van der Waals surface area contributed by atoms with Crippen LogP contribution in [0.15, 0.2) is 36.4 Å². The van der Waals surface area contributed by atoms with E-state index in [1.807, 2.05) is 0 Å². The lowest BCUT2D eigenvalue weighted by molar-refractivity contribution is -0.148. The highest BCUT2D eigenvalue weighted by molar-refractivity contribution is 6.00. The second kappa shape index (κ2) is 15.2. The van der Waals surface area contributed by atoms with Crippen molar-refractivity contribution in [2.45, 2.75) is 104 Å². The zero-order chi connectivity index (χ0) is 37.1. The number of hydrogen-bond acceptors (Lipinski definition) is 11. The van der Waals surface area contributed by atoms with E-state index in [1.165, 1.54) is 9.80 Å². The maximum Gasteiger partial charge on any atom is 0.411 e. The van der Waals surface area contributed by atoms with Crippen LogP contribution in [0.2, 0.25) is 0 Å². The van der Waals surface area contributed by atoms with Crippen LogP contribution < -0.4 is 0 Å². The number of ether oxygens (including phenoxy) is 5. The van der Waals surface area contributed by atoms with Crippen molar-refractivity contribution < 1.29 is 52.5 Å². The molecule has 0 N–H and O–H groups in total. The average molecular weight is 707 g/mol. The lowest BCUT2D eigenvalue weighted by Gasteiger charge is -2.27. The van der Waals surface area contributed by atoms with E-state index in [2.05, 4.69) is 0 Å². The van der Waals surface area contributed by atoms with E-state index >= 15 is 0 Å². The van der Waals surface area contributed by atoms with Crippen molar-refractivity contribution in [2.75, 3.05) is 26.3 Å². The Morgan fingerprint density at radius 1 is 0.647 bits per heavy atom. The summed E-state index contributed by atoms with van der Waals surface area (Å²) in [7, 11) is 0. The van der Waals surface area contributed by atoms with Gasteiger partial charge in [0.25, 0.3) is 0 Å². The van der Waals surface area contributed by atoms with Crippen molar-refractivity contribution in [3.63, 3.8) is 0 Å². The number of Topliss-reactive ketones (excluding diaryl/α,β-unsaturated/α-hetero) is 2. The van der Waals surface area contributed by atoms with Crippen molar-refractivity contribution in [3.8, 4) is 11.1 Å². The zero-order valence-corrected chi connectivity index (χ0v) is 30.1. The Hall–Kier alpha value is -4.78. The number of esters is 2. The molecular weight excluding hydrogens is 660 g/mol. The molecular formula is C38H46N2O11.